The highest BCUT2D eigenvalue weighted by Crippen LogP contribution is 2.42. The van der Waals surface area contributed by atoms with Crippen molar-refractivity contribution in [3.8, 4) is 5.75 Å². The van der Waals surface area contributed by atoms with E-state index in [2.05, 4.69) is 47.4 Å². The topological polar surface area (TPSA) is 113 Å². The number of hydrazine groups is 1. The summed E-state index contributed by atoms with van der Waals surface area (Å²) in [5.74, 6) is 0.371. The van der Waals surface area contributed by atoms with E-state index in [-0.39, 0.29) is 23.7 Å². The number of halogens is 3. The zero-order valence-corrected chi connectivity index (χ0v) is 20.3. The highest BCUT2D eigenvalue weighted by atomic mass is 79.9. The molecule has 2 amide bonds. The average Bonchev–Trinajstić information content (AvgIpc) is 3.31. The lowest BCUT2D eigenvalue weighted by Crippen LogP contribution is -2.52. The summed E-state index contributed by atoms with van der Waals surface area (Å²) in [6, 6.07) is 4.32. The van der Waals surface area contributed by atoms with E-state index in [9.17, 15) is 18.4 Å². The molecule has 12 heteroatoms. The average molecular weight is 544 g/mol. The van der Waals surface area contributed by atoms with E-state index in [1.54, 1.807) is 6.07 Å². The number of hydrogen-bond donors (Lipinski definition) is 4. The van der Waals surface area contributed by atoms with Gasteiger partial charge < -0.3 is 14.8 Å². The van der Waals surface area contributed by atoms with Gasteiger partial charge in [-0.3, -0.25) is 10.2 Å². The maximum atomic E-state index is 12.6. The van der Waals surface area contributed by atoms with Crippen molar-refractivity contribution in [3.05, 3.63) is 28.2 Å². The van der Waals surface area contributed by atoms with Crippen LogP contribution in [0.2, 0.25) is 0 Å². The maximum absolute atomic E-state index is 12.6. The molecule has 34 heavy (non-hydrogen) atoms. The van der Waals surface area contributed by atoms with Gasteiger partial charge in [0.1, 0.15) is 17.5 Å². The Morgan fingerprint density at radius 3 is 2.76 bits per heavy atom. The van der Waals surface area contributed by atoms with E-state index in [1.165, 1.54) is 12.1 Å². The van der Waals surface area contributed by atoms with Crippen LogP contribution < -0.4 is 26.3 Å². The molecule has 1 saturated carbocycles. The second-order valence-corrected chi connectivity index (χ2v) is 9.83. The van der Waals surface area contributed by atoms with Gasteiger partial charge in [-0.2, -0.15) is 13.9 Å². The van der Waals surface area contributed by atoms with Gasteiger partial charge in [0, 0.05) is 22.6 Å². The monoisotopic (exact) mass is 543 g/mol. The van der Waals surface area contributed by atoms with Crippen molar-refractivity contribution in [2.24, 2.45) is 11.0 Å². The third-order valence-electron chi connectivity index (χ3n) is 6.54. The molecule has 1 spiro atoms. The Kier molecular flexibility index (Phi) is 7.68. The quantitative estimate of drug-likeness (QED) is 0.420. The lowest BCUT2D eigenvalue weighted by Gasteiger charge is -2.42. The number of benzene rings is 1. The van der Waals surface area contributed by atoms with Crippen LogP contribution in [0.5, 0.6) is 5.75 Å². The van der Waals surface area contributed by atoms with Gasteiger partial charge in [0.25, 0.3) is 0 Å². The molecule has 4 rings (SSSR count). The van der Waals surface area contributed by atoms with Gasteiger partial charge in [-0.25, -0.2) is 15.6 Å². The molecule has 2 aliphatic heterocycles. The third-order valence-corrected chi connectivity index (χ3v) is 7.19. The second-order valence-electron chi connectivity index (χ2n) is 8.98. The molecule has 9 nitrogen and oxygen atoms in total. The number of carbonyl (C=O) groups excluding carboxylic acids is 2. The van der Waals surface area contributed by atoms with Gasteiger partial charge in [-0.05, 0) is 85.5 Å². The highest BCUT2D eigenvalue weighted by Gasteiger charge is 2.47. The Morgan fingerprint density at radius 2 is 2.12 bits per heavy atom. The number of amides is 2. The first-order valence-electron chi connectivity index (χ1n) is 11.4. The first-order valence-corrected chi connectivity index (χ1v) is 12.2. The van der Waals surface area contributed by atoms with E-state index in [0.29, 0.717) is 34.5 Å². The Hall–Kier alpha value is -2.31. The van der Waals surface area contributed by atoms with Gasteiger partial charge in [-0.1, -0.05) is 0 Å². The minimum absolute atomic E-state index is 0.00407. The summed E-state index contributed by atoms with van der Waals surface area (Å²) in [4.78, 5) is 24.4. The molecular formula is C22H28BrF2N5O4. The van der Waals surface area contributed by atoms with Crippen LogP contribution in [0.3, 0.4) is 0 Å². The predicted molar refractivity (Wildman–Crippen MR) is 123 cm³/mol. The number of nitrogens with zero attached hydrogens (tertiary/aromatic N) is 1. The molecule has 1 unspecified atom stereocenters. The molecule has 4 N–H and O–H groups in total. The first-order chi connectivity index (χ1) is 16.3. The van der Waals surface area contributed by atoms with Crippen LogP contribution in [-0.2, 0) is 9.53 Å². The smallest absolute Gasteiger partial charge is 0.428 e. The second kappa shape index (κ2) is 10.5. The van der Waals surface area contributed by atoms with E-state index in [1.807, 2.05) is 6.92 Å². The molecule has 2 heterocycles. The van der Waals surface area contributed by atoms with Crippen LogP contribution in [0, 0.1) is 5.92 Å². The molecule has 1 aromatic rings. The van der Waals surface area contributed by atoms with Gasteiger partial charge in [0.15, 0.2) is 5.60 Å². The summed E-state index contributed by atoms with van der Waals surface area (Å²) < 4.78 is 35.9. The van der Waals surface area contributed by atoms with Crippen LogP contribution in [0.15, 0.2) is 27.8 Å². The number of hydrogen-bond acceptors (Lipinski definition) is 7. The summed E-state index contributed by atoms with van der Waals surface area (Å²) in [5.41, 5.74) is 8.57. The Labute approximate surface area is 204 Å². The van der Waals surface area contributed by atoms with Gasteiger partial charge in [0.05, 0.1) is 0 Å². The predicted octanol–water partition coefficient (Wildman–Crippen LogP) is 3.18. The minimum Gasteiger partial charge on any atom is -0.435 e. The van der Waals surface area contributed by atoms with Crippen molar-refractivity contribution >= 4 is 33.6 Å². The SMILES string of the molecule is C[C@@H](CC1CCC2(CC1)OC(=O)NN=C2c1ccc(OC(F)F)cc1Br)NC(=O)C1CCNN1. The molecule has 0 bridgehead atoms. The summed E-state index contributed by atoms with van der Waals surface area (Å²) in [6.07, 6.45) is 3.69. The van der Waals surface area contributed by atoms with Crippen molar-refractivity contribution in [1.29, 1.82) is 0 Å². The van der Waals surface area contributed by atoms with E-state index in [4.69, 9.17) is 4.74 Å². The summed E-state index contributed by atoms with van der Waals surface area (Å²) in [7, 11) is 0. The van der Waals surface area contributed by atoms with Crippen molar-refractivity contribution in [2.75, 3.05) is 6.54 Å². The molecule has 1 saturated heterocycles. The molecule has 2 atom stereocenters. The number of rotatable bonds is 7. The number of alkyl halides is 2. The molecule has 1 aromatic carbocycles. The van der Waals surface area contributed by atoms with E-state index in [0.717, 1.165) is 32.2 Å². The van der Waals surface area contributed by atoms with Crippen molar-refractivity contribution < 1.29 is 27.8 Å². The Bertz CT molecular complexity index is 949. The standard InChI is InChI=1S/C22H28BrF2N5O4/c1-12(27-19(31)17-6-9-26-28-17)10-13-4-7-22(8-5-13)18(29-30-21(32)34-22)15-3-2-14(11-16(15)23)33-20(24)25/h2-3,11-13,17,20,26,28H,4-10H2,1H3,(H,27,31)(H,30,32)/t12-,13?,17?,22?/m0/s1. The summed E-state index contributed by atoms with van der Waals surface area (Å²) in [5, 5.41) is 7.36. The molecule has 2 fully saturated rings. The zero-order valence-electron chi connectivity index (χ0n) is 18.7. The fraction of sp³-hybridized carbons (Fsp3) is 0.591. The van der Waals surface area contributed by atoms with Crippen molar-refractivity contribution in [1.82, 2.24) is 21.6 Å². The third kappa shape index (κ3) is 5.66. The normalized spacial score (nSPS) is 27.7. The fourth-order valence-corrected chi connectivity index (χ4v) is 5.47. The first kappa shape index (κ1) is 24.8. The lowest BCUT2D eigenvalue weighted by atomic mass is 9.73. The van der Waals surface area contributed by atoms with Gasteiger partial charge in [0.2, 0.25) is 5.91 Å². The van der Waals surface area contributed by atoms with Crippen LogP contribution >= 0.6 is 15.9 Å². The molecular weight excluding hydrogens is 516 g/mol. The van der Waals surface area contributed by atoms with Crippen LogP contribution in [0.4, 0.5) is 13.6 Å². The zero-order chi connectivity index (χ0) is 24.3. The molecule has 0 radical (unpaired) electrons. The van der Waals surface area contributed by atoms with Gasteiger partial charge >= 0.3 is 12.7 Å². The molecule has 1 aliphatic carbocycles. The lowest BCUT2D eigenvalue weighted by molar-refractivity contribution is -0.123. The number of hydrazone groups is 1. The number of ether oxygens (including phenoxy) is 2. The van der Waals surface area contributed by atoms with Crippen LogP contribution in [0.1, 0.15) is 51.0 Å². The number of carbonyl (C=O) groups is 2. The van der Waals surface area contributed by atoms with Gasteiger partial charge in [-0.15, -0.1) is 0 Å². The molecule has 0 aromatic heterocycles. The molecule has 3 aliphatic rings. The fourth-order valence-electron chi connectivity index (χ4n) is 4.92. The van der Waals surface area contributed by atoms with Crippen molar-refractivity contribution in [3.63, 3.8) is 0 Å². The number of nitrogens with one attached hydrogen (secondary N) is 4. The highest BCUT2D eigenvalue weighted by molar-refractivity contribution is 9.10. The summed E-state index contributed by atoms with van der Waals surface area (Å²) in [6.45, 7) is -0.151. The maximum Gasteiger partial charge on any atom is 0.428 e. The summed E-state index contributed by atoms with van der Waals surface area (Å²) >= 11 is 3.41. The van der Waals surface area contributed by atoms with Crippen molar-refractivity contribution in [2.45, 2.75) is 69.7 Å². The Morgan fingerprint density at radius 1 is 1.35 bits per heavy atom. The van der Waals surface area contributed by atoms with Crippen LogP contribution in [0.25, 0.3) is 0 Å². The Balaban J connectivity index is 1.41. The largest absolute Gasteiger partial charge is 0.435 e. The minimum atomic E-state index is -2.92. The molecule has 186 valence electrons. The van der Waals surface area contributed by atoms with E-state index < -0.39 is 18.3 Å². The van der Waals surface area contributed by atoms with Crippen LogP contribution in [-0.4, -0.2) is 48.6 Å². The van der Waals surface area contributed by atoms with E-state index >= 15 is 0 Å².